The first-order chi connectivity index (χ1) is 12.2. The van der Waals surface area contributed by atoms with Crippen LogP contribution in [0.4, 0.5) is 5.69 Å². The predicted octanol–water partition coefficient (Wildman–Crippen LogP) is 4.03. The molecule has 2 aromatic rings. The van der Waals surface area contributed by atoms with Gasteiger partial charge in [-0.1, -0.05) is 66.5 Å². The van der Waals surface area contributed by atoms with Crippen LogP contribution in [0.15, 0.2) is 48.5 Å². The van der Waals surface area contributed by atoms with Crippen LogP contribution in [0.1, 0.15) is 24.9 Å². The van der Waals surface area contributed by atoms with Gasteiger partial charge in [-0.3, -0.25) is 9.10 Å². The second kappa shape index (κ2) is 8.75. The standard InChI is InChI=1S/C18H20Cl2N2O3S/c1-3-15(13-8-5-4-6-9-13)21-17(23)12-22(26(2,24)25)16-11-7-10-14(19)18(16)20/h4-11,15H,3,12H2,1-2H3,(H,21,23)/t15-/m1/s1. The van der Waals surface area contributed by atoms with E-state index in [0.29, 0.717) is 6.42 Å². The number of anilines is 1. The number of amides is 1. The van der Waals surface area contributed by atoms with Gasteiger partial charge in [0.15, 0.2) is 0 Å². The van der Waals surface area contributed by atoms with Crippen LogP contribution in [0.3, 0.4) is 0 Å². The molecule has 0 heterocycles. The first-order valence-electron chi connectivity index (χ1n) is 8.00. The lowest BCUT2D eigenvalue weighted by atomic mass is 10.0. The van der Waals surface area contributed by atoms with Crippen molar-refractivity contribution < 1.29 is 13.2 Å². The molecule has 0 spiro atoms. The van der Waals surface area contributed by atoms with E-state index in [2.05, 4.69) is 5.32 Å². The molecule has 2 rings (SSSR count). The molecule has 0 fully saturated rings. The average molecular weight is 415 g/mol. The van der Waals surface area contributed by atoms with Crippen molar-refractivity contribution in [2.24, 2.45) is 0 Å². The highest BCUT2D eigenvalue weighted by Gasteiger charge is 2.25. The Hall–Kier alpha value is -1.76. The summed E-state index contributed by atoms with van der Waals surface area (Å²) in [7, 11) is -3.73. The van der Waals surface area contributed by atoms with Crippen molar-refractivity contribution in [2.75, 3.05) is 17.1 Å². The monoisotopic (exact) mass is 414 g/mol. The number of sulfonamides is 1. The average Bonchev–Trinajstić information content (AvgIpc) is 2.60. The summed E-state index contributed by atoms with van der Waals surface area (Å²) in [6.07, 6.45) is 1.69. The maximum Gasteiger partial charge on any atom is 0.241 e. The van der Waals surface area contributed by atoms with Crippen molar-refractivity contribution in [3.8, 4) is 0 Å². The quantitative estimate of drug-likeness (QED) is 0.743. The van der Waals surface area contributed by atoms with Gasteiger partial charge in [0.1, 0.15) is 6.54 Å². The topological polar surface area (TPSA) is 66.5 Å². The summed E-state index contributed by atoms with van der Waals surface area (Å²) in [5.41, 5.74) is 1.12. The van der Waals surface area contributed by atoms with Gasteiger partial charge in [0.25, 0.3) is 0 Å². The Bertz CT molecular complexity index is 873. The highest BCUT2D eigenvalue weighted by Crippen LogP contribution is 2.33. The number of hydrogen-bond donors (Lipinski definition) is 1. The number of halogens is 2. The fourth-order valence-electron chi connectivity index (χ4n) is 2.54. The molecule has 0 radical (unpaired) electrons. The Labute approximate surface area is 164 Å². The van der Waals surface area contributed by atoms with E-state index in [1.54, 1.807) is 12.1 Å². The highest BCUT2D eigenvalue weighted by atomic mass is 35.5. The van der Waals surface area contributed by atoms with Crippen molar-refractivity contribution in [1.82, 2.24) is 5.32 Å². The third kappa shape index (κ3) is 5.13. The van der Waals surface area contributed by atoms with Gasteiger partial charge in [-0.2, -0.15) is 0 Å². The maximum atomic E-state index is 12.5. The molecule has 1 atom stereocenters. The molecule has 1 N–H and O–H groups in total. The Morgan fingerprint density at radius 1 is 1.12 bits per heavy atom. The van der Waals surface area contributed by atoms with Gasteiger partial charge >= 0.3 is 0 Å². The molecule has 0 aliphatic carbocycles. The molecule has 140 valence electrons. The summed E-state index contributed by atoms with van der Waals surface area (Å²) in [5.74, 6) is -0.429. The van der Waals surface area contributed by atoms with E-state index >= 15 is 0 Å². The molecule has 0 unspecified atom stereocenters. The summed E-state index contributed by atoms with van der Waals surface area (Å²) < 4.78 is 25.4. The minimum Gasteiger partial charge on any atom is -0.348 e. The van der Waals surface area contributed by atoms with Crippen molar-refractivity contribution in [3.05, 3.63) is 64.1 Å². The Morgan fingerprint density at radius 3 is 2.35 bits per heavy atom. The summed E-state index contributed by atoms with van der Waals surface area (Å²) >= 11 is 12.1. The smallest absolute Gasteiger partial charge is 0.241 e. The molecule has 8 heteroatoms. The summed E-state index contributed by atoms with van der Waals surface area (Å²) in [6.45, 7) is 1.56. The van der Waals surface area contributed by atoms with Crippen LogP contribution < -0.4 is 9.62 Å². The first kappa shape index (κ1) is 20.6. The molecule has 5 nitrogen and oxygen atoms in total. The minimum absolute atomic E-state index is 0.0856. The summed E-state index contributed by atoms with van der Waals surface area (Å²) in [4.78, 5) is 12.5. The second-order valence-corrected chi connectivity index (χ2v) is 8.47. The minimum atomic E-state index is -3.73. The highest BCUT2D eigenvalue weighted by molar-refractivity contribution is 7.92. The van der Waals surface area contributed by atoms with E-state index in [-0.39, 0.29) is 28.3 Å². The lowest BCUT2D eigenvalue weighted by molar-refractivity contribution is -0.120. The van der Waals surface area contributed by atoms with Gasteiger partial charge in [-0.25, -0.2) is 8.42 Å². The molecular weight excluding hydrogens is 395 g/mol. The van der Waals surface area contributed by atoms with Crippen molar-refractivity contribution in [1.29, 1.82) is 0 Å². The van der Waals surface area contributed by atoms with Gasteiger partial charge < -0.3 is 5.32 Å². The largest absolute Gasteiger partial charge is 0.348 e. The van der Waals surface area contributed by atoms with E-state index in [1.165, 1.54) is 6.07 Å². The molecular formula is C18H20Cl2N2O3S. The summed E-state index contributed by atoms with van der Waals surface area (Å²) in [6, 6.07) is 13.9. The number of nitrogens with zero attached hydrogens (tertiary/aromatic N) is 1. The fourth-order valence-corrected chi connectivity index (χ4v) is 3.85. The van der Waals surface area contributed by atoms with Gasteiger partial charge in [0.05, 0.1) is 28.0 Å². The fraction of sp³-hybridized carbons (Fsp3) is 0.278. The van der Waals surface area contributed by atoms with E-state index in [4.69, 9.17) is 23.2 Å². The van der Waals surface area contributed by atoms with Crippen LogP contribution in [-0.2, 0) is 14.8 Å². The number of carbonyl (C=O) groups excluding carboxylic acids is 1. The lowest BCUT2D eigenvalue weighted by Crippen LogP contribution is -2.41. The number of hydrogen-bond acceptors (Lipinski definition) is 3. The van der Waals surface area contributed by atoms with Gasteiger partial charge in [0, 0.05) is 0 Å². The number of nitrogens with one attached hydrogen (secondary N) is 1. The zero-order valence-electron chi connectivity index (χ0n) is 14.4. The number of carbonyl (C=O) groups is 1. The van der Waals surface area contributed by atoms with Gasteiger partial charge in [-0.05, 0) is 24.1 Å². The van der Waals surface area contributed by atoms with Crippen LogP contribution in [-0.4, -0.2) is 27.1 Å². The molecule has 0 bridgehead atoms. The van der Waals surface area contributed by atoms with Crippen LogP contribution >= 0.6 is 23.2 Å². The molecule has 2 aromatic carbocycles. The third-order valence-electron chi connectivity index (χ3n) is 3.83. The second-order valence-electron chi connectivity index (χ2n) is 5.78. The zero-order valence-corrected chi connectivity index (χ0v) is 16.8. The normalized spacial score (nSPS) is 12.5. The molecule has 0 aromatic heterocycles. The van der Waals surface area contributed by atoms with Crippen LogP contribution in [0.25, 0.3) is 0 Å². The van der Waals surface area contributed by atoms with Gasteiger partial charge in [-0.15, -0.1) is 0 Å². The summed E-state index contributed by atoms with van der Waals surface area (Å²) in [5, 5.41) is 3.17. The molecule has 0 aliphatic heterocycles. The Balaban J connectivity index is 2.24. The van der Waals surface area contributed by atoms with E-state index in [1.807, 2.05) is 37.3 Å². The number of benzene rings is 2. The van der Waals surface area contributed by atoms with Crippen LogP contribution in [0.5, 0.6) is 0 Å². The molecule has 1 amide bonds. The number of rotatable bonds is 7. The molecule has 0 saturated heterocycles. The SMILES string of the molecule is CC[C@@H](NC(=O)CN(c1cccc(Cl)c1Cl)S(C)(=O)=O)c1ccccc1. The Morgan fingerprint density at radius 2 is 1.77 bits per heavy atom. The van der Waals surface area contributed by atoms with Crippen molar-refractivity contribution in [2.45, 2.75) is 19.4 Å². The molecule has 0 saturated carbocycles. The first-order valence-corrected chi connectivity index (χ1v) is 10.6. The van der Waals surface area contributed by atoms with E-state index < -0.39 is 15.9 Å². The maximum absolute atomic E-state index is 12.5. The third-order valence-corrected chi connectivity index (χ3v) is 5.77. The predicted molar refractivity (Wildman–Crippen MR) is 106 cm³/mol. The van der Waals surface area contributed by atoms with Crippen molar-refractivity contribution in [3.63, 3.8) is 0 Å². The Kier molecular flexibility index (Phi) is 6.92. The van der Waals surface area contributed by atoms with E-state index in [9.17, 15) is 13.2 Å². The van der Waals surface area contributed by atoms with Crippen LogP contribution in [0, 0.1) is 0 Å². The molecule has 0 aliphatic rings. The van der Waals surface area contributed by atoms with E-state index in [0.717, 1.165) is 16.1 Å². The van der Waals surface area contributed by atoms with Gasteiger partial charge in [0.2, 0.25) is 15.9 Å². The molecule has 26 heavy (non-hydrogen) atoms. The zero-order chi connectivity index (χ0) is 19.3. The van der Waals surface area contributed by atoms with Crippen molar-refractivity contribution >= 4 is 44.8 Å². The van der Waals surface area contributed by atoms with Crippen LogP contribution in [0.2, 0.25) is 10.0 Å². The lowest BCUT2D eigenvalue weighted by Gasteiger charge is -2.25.